The van der Waals surface area contributed by atoms with Gasteiger partial charge >= 0.3 is 6.09 Å². The minimum atomic E-state index is -0.500. The molecule has 1 aromatic carbocycles. The molecule has 1 N–H and O–H groups in total. The van der Waals surface area contributed by atoms with Gasteiger partial charge in [0.15, 0.2) is 0 Å². The molecule has 3 heterocycles. The Labute approximate surface area is 213 Å². The van der Waals surface area contributed by atoms with Crippen molar-refractivity contribution in [1.82, 2.24) is 14.5 Å². The van der Waals surface area contributed by atoms with Crippen molar-refractivity contribution in [2.75, 3.05) is 43.6 Å². The highest BCUT2D eigenvalue weighted by Crippen LogP contribution is 2.34. The Bertz CT molecular complexity index is 1260. The standard InChI is InChI=1S/C28H37N5O3/c1-28(2,3)36-27(34)31(4)20-9-11-24-23(18-20)22-10-12-25(30-26(22)32(24)5)29-19-7-6-8-21(17-19)33-13-15-35-16-14-33/h6-8,10,12,17,20H,9,11,13-16,18H2,1-5H3,(H,29,30). The fourth-order valence-electron chi connectivity index (χ4n) is 5.25. The van der Waals surface area contributed by atoms with Crippen molar-refractivity contribution in [3.8, 4) is 0 Å². The Morgan fingerprint density at radius 2 is 1.97 bits per heavy atom. The lowest BCUT2D eigenvalue weighted by molar-refractivity contribution is 0.0210. The van der Waals surface area contributed by atoms with Crippen LogP contribution in [0.4, 0.5) is 22.0 Å². The first-order valence-electron chi connectivity index (χ1n) is 12.8. The SMILES string of the molecule is CN(C(=O)OC(C)(C)C)C1CCc2c(c3ccc(Nc4cccc(N5CCOCC5)c4)nc3n2C)C1. The fourth-order valence-corrected chi connectivity index (χ4v) is 5.25. The summed E-state index contributed by atoms with van der Waals surface area (Å²) in [4.78, 5) is 21.7. The number of carbonyl (C=O) groups is 1. The Morgan fingerprint density at radius 1 is 1.19 bits per heavy atom. The van der Waals surface area contributed by atoms with E-state index in [1.165, 1.54) is 16.9 Å². The van der Waals surface area contributed by atoms with E-state index in [2.05, 4.69) is 52.2 Å². The molecule has 1 aliphatic heterocycles. The van der Waals surface area contributed by atoms with Crippen LogP contribution in [0.25, 0.3) is 11.0 Å². The summed E-state index contributed by atoms with van der Waals surface area (Å²) in [5.74, 6) is 0.821. The molecule has 8 heteroatoms. The summed E-state index contributed by atoms with van der Waals surface area (Å²) >= 11 is 0. The molecule has 5 rings (SSSR count). The highest BCUT2D eigenvalue weighted by atomic mass is 16.6. The molecule has 1 atom stereocenters. The van der Waals surface area contributed by atoms with E-state index in [1.807, 2.05) is 33.9 Å². The second-order valence-corrected chi connectivity index (χ2v) is 10.8. The summed E-state index contributed by atoms with van der Waals surface area (Å²) in [5, 5.41) is 4.65. The Kier molecular flexibility index (Phi) is 6.55. The molecule has 36 heavy (non-hydrogen) atoms. The average Bonchev–Trinajstić information content (AvgIpc) is 3.14. The molecule has 1 amide bonds. The second kappa shape index (κ2) is 9.65. The van der Waals surface area contributed by atoms with Gasteiger partial charge in [0.1, 0.15) is 17.1 Å². The lowest BCUT2D eigenvalue weighted by Crippen LogP contribution is -2.43. The topological polar surface area (TPSA) is 71.9 Å². The monoisotopic (exact) mass is 491 g/mol. The minimum Gasteiger partial charge on any atom is -0.444 e. The molecule has 1 unspecified atom stereocenters. The first-order valence-corrected chi connectivity index (χ1v) is 12.8. The minimum absolute atomic E-state index is 0.110. The van der Waals surface area contributed by atoms with Crippen molar-refractivity contribution in [2.24, 2.45) is 7.05 Å². The van der Waals surface area contributed by atoms with Gasteiger partial charge < -0.3 is 29.2 Å². The number of aryl methyl sites for hydroxylation is 1. The first-order chi connectivity index (χ1) is 17.2. The number of carbonyl (C=O) groups excluding carboxylic acids is 1. The number of benzene rings is 1. The second-order valence-electron chi connectivity index (χ2n) is 10.8. The van der Waals surface area contributed by atoms with E-state index in [-0.39, 0.29) is 12.1 Å². The third-order valence-electron chi connectivity index (χ3n) is 7.15. The molecular weight excluding hydrogens is 454 g/mol. The van der Waals surface area contributed by atoms with Crippen molar-refractivity contribution >= 4 is 34.3 Å². The van der Waals surface area contributed by atoms with Gasteiger partial charge in [0.25, 0.3) is 0 Å². The number of amides is 1. The van der Waals surface area contributed by atoms with Crippen LogP contribution in [0.3, 0.4) is 0 Å². The number of rotatable bonds is 4. The summed E-state index contributed by atoms with van der Waals surface area (Å²) in [6.07, 6.45) is 2.36. The van der Waals surface area contributed by atoms with Crippen LogP contribution in [0.15, 0.2) is 36.4 Å². The van der Waals surface area contributed by atoms with Crippen molar-refractivity contribution < 1.29 is 14.3 Å². The molecule has 1 aliphatic carbocycles. The predicted octanol–water partition coefficient (Wildman–Crippen LogP) is 4.88. The van der Waals surface area contributed by atoms with Crippen molar-refractivity contribution in [2.45, 2.75) is 51.7 Å². The molecule has 0 radical (unpaired) electrons. The van der Waals surface area contributed by atoms with Gasteiger partial charge in [-0.2, -0.15) is 0 Å². The zero-order valence-electron chi connectivity index (χ0n) is 22.0. The molecular formula is C28H37N5O3. The van der Waals surface area contributed by atoms with Crippen LogP contribution in [0, 0.1) is 0 Å². The maximum Gasteiger partial charge on any atom is 0.410 e. The summed E-state index contributed by atoms with van der Waals surface area (Å²) < 4.78 is 13.3. The third-order valence-corrected chi connectivity index (χ3v) is 7.15. The molecule has 2 aliphatic rings. The van der Waals surface area contributed by atoms with Gasteiger partial charge in [-0.3, -0.25) is 0 Å². The molecule has 3 aromatic rings. The van der Waals surface area contributed by atoms with Crippen LogP contribution >= 0.6 is 0 Å². The zero-order chi connectivity index (χ0) is 25.4. The Balaban J connectivity index is 1.35. The highest BCUT2D eigenvalue weighted by Gasteiger charge is 2.31. The van der Waals surface area contributed by atoms with Crippen LogP contribution in [0.1, 0.15) is 38.4 Å². The molecule has 192 valence electrons. The van der Waals surface area contributed by atoms with E-state index in [4.69, 9.17) is 14.5 Å². The van der Waals surface area contributed by atoms with Crippen LogP contribution < -0.4 is 10.2 Å². The summed E-state index contributed by atoms with van der Waals surface area (Å²) in [6.45, 7) is 9.06. The van der Waals surface area contributed by atoms with E-state index < -0.39 is 5.60 Å². The number of anilines is 3. The number of ether oxygens (including phenoxy) is 2. The number of aromatic nitrogens is 2. The number of nitrogens with one attached hydrogen (secondary N) is 1. The van der Waals surface area contributed by atoms with E-state index in [9.17, 15) is 4.79 Å². The van der Waals surface area contributed by atoms with Gasteiger partial charge in [0, 0.05) is 55.7 Å². The highest BCUT2D eigenvalue weighted by molar-refractivity contribution is 5.85. The summed E-state index contributed by atoms with van der Waals surface area (Å²) in [7, 11) is 3.94. The maximum absolute atomic E-state index is 12.7. The van der Waals surface area contributed by atoms with Gasteiger partial charge in [-0.25, -0.2) is 9.78 Å². The van der Waals surface area contributed by atoms with E-state index >= 15 is 0 Å². The largest absolute Gasteiger partial charge is 0.444 e. The van der Waals surface area contributed by atoms with Gasteiger partial charge in [-0.15, -0.1) is 0 Å². The quantitative estimate of drug-likeness (QED) is 0.561. The zero-order valence-corrected chi connectivity index (χ0v) is 22.0. The first kappa shape index (κ1) is 24.4. The van der Waals surface area contributed by atoms with Crippen LogP contribution in [-0.4, -0.2) is 65.5 Å². The number of nitrogens with zero attached hydrogens (tertiary/aromatic N) is 4. The number of morpholine rings is 1. The summed E-state index contributed by atoms with van der Waals surface area (Å²) in [5.41, 5.74) is 5.27. The van der Waals surface area contributed by atoms with Gasteiger partial charge in [0.05, 0.1) is 13.2 Å². The number of pyridine rings is 1. The number of hydrogen-bond donors (Lipinski definition) is 1. The number of hydrogen-bond acceptors (Lipinski definition) is 6. The normalized spacial score (nSPS) is 18.1. The number of fused-ring (bicyclic) bond motifs is 3. The van der Waals surface area contributed by atoms with Crippen molar-refractivity contribution in [1.29, 1.82) is 0 Å². The predicted molar refractivity (Wildman–Crippen MR) is 143 cm³/mol. The van der Waals surface area contributed by atoms with E-state index in [0.29, 0.717) is 0 Å². The van der Waals surface area contributed by atoms with Gasteiger partial charge in [0.2, 0.25) is 0 Å². The van der Waals surface area contributed by atoms with Crippen LogP contribution in [0.2, 0.25) is 0 Å². The lowest BCUT2D eigenvalue weighted by atomic mass is 9.91. The Morgan fingerprint density at radius 3 is 2.72 bits per heavy atom. The Hall–Kier alpha value is -3.26. The molecule has 2 aromatic heterocycles. The molecule has 0 spiro atoms. The molecule has 1 saturated heterocycles. The molecule has 8 nitrogen and oxygen atoms in total. The van der Waals surface area contributed by atoms with Crippen LogP contribution in [-0.2, 0) is 29.4 Å². The average molecular weight is 492 g/mol. The third kappa shape index (κ3) is 5.00. The lowest BCUT2D eigenvalue weighted by Gasteiger charge is -2.33. The summed E-state index contributed by atoms with van der Waals surface area (Å²) in [6, 6.07) is 12.8. The molecule has 0 bridgehead atoms. The molecule has 0 saturated carbocycles. The fraction of sp³-hybridized carbons (Fsp3) is 0.500. The molecule has 1 fully saturated rings. The number of likely N-dealkylation sites (N-methyl/N-ethyl adjacent to an activating group) is 1. The maximum atomic E-state index is 12.7. The van der Waals surface area contributed by atoms with Gasteiger partial charge in [-0.1, -0.05) is 6.07 Å². The van der Waals surface area contributed by atoms with E-state index in [1.54, 1.807) is 4.90 Å². The van der Waals surface area contributed by atoms with E-state index in [0.717, 1.165) is 68.1 Å². The van der Waals surface area contributed by atoms with Crippen molar-refractivity contribution in [3.63, 3.8) is 0 Å². The van der Waals surface area contributed by atoms with Crippen molar-refractivity contribution in [3.05, 3.63) is 47.7 Å². The smallest absolute Gasteiger partial charge is 0.410 e. The van der Waals surface area contributed by atoms with Crippen LogP contribution in [0.5, 0.6) is 0 Å². The van der Waals surface area contributed by atoms with Gasteiger partial charge in [-0.05, 0) is 75.9 Å².